The van der Waals surface area contributed by atoms with E-state index < -0.39 is 5.60 Å². The molecule has 5 aliphatic rings. The zero-order valence-electron chi connectivity index (χ0n) is 17.2. The Balaban J connectivity index is 1.47. The molecule has 5 fully saturated rings. The van der Waals surface area contributed by atoms with Gasteiger partial charge in [0, 0.05) is 0 Å². The summed E-state index contributed by atoms with van der Waals surface area (Å²) in [5, 5.41) is 21.2. The molecule has 0 amide bonds. The molecule has 148 valence electrons. The maximum atomic E-state index is 10.8. The molecular formula is C24H40O2. The van der Waals surface area contributed by atoms with E-state index in [-0.39, 0.29) is 6.10 Å². The average Bonchev–Trinajstić information content (AvgIpc) is 3.35. The fourth-order valence-electron chi connectivity index (χ4n) is 9.42. The first kappa shape index (κ1) is 18.0. The summed E-state index contributed by atoms with van der Waals surface area (Å²) >= 11 is 0. The van der Waals surface area contributed by atoms with Gasteiger partial charge >= 0.3 is 0 Å². The second-order valence-corrected chi connectivity index (χ2v) is 11.7. The van der Waals surface area contributed by atoms with Gasteiger partial charge in [-0.15, -0.1) is 0 Å². The van der Waals surface area contributed by atoms with E-state index in [4.69, 9.17) is 0 Å². The zero-order chi connectivity index (χ0) is 18.3. The first-order chi connectivity index (χ1) is 12.3. The lowest BCUT2D eigenvalue weighted by Gasteiger charge is -2.63. The highest BCUT2D eigenvalue weighted by molar-refractivity contribution is 5.14. The van der Waals surface area contributed by atoms with Crippen molar-refractivity contribution in [3.63, 3.8) is 0 Å². The number of aliphatic hydroxyl groups excluding tert-OH is 1. The Morgan fingerprint density at radius 2 is 1.54 bits per heavy atom. The van der Waals surface area contributed by atoms with Crippen LogP contribution in [0.25, 0.3) is 0 Å². The molecule has 0 saturated heterocycles. The van der Waals surface area contributed by atoms with Crippen LogP contribution >= 0.6 is 0 Å². The van der Waals surface area contributed by atoms with Crippen molar-refractivity contribution in [1.82, 2.24) is 0 Å². The number of aliphatic hydroxyl groups is 2. The summed E-state index contributed by atoms with van der Waals surface area (Å²) in [6, 6.07) is 0. The molecule has 0 radical (unpaired) electrons. The van der Waals surface area contributed by atoms with E-state index in [1.807, 2.05) is 6.92 Å². The summed E-state index contributed by atoms with van der Waals surface area (Å²) in [5.41, 5.74) is 0.534. The minimum Gasteiger partial charge on any atom is -0.393 e. The molecule has 2 unspecified atom stereocenters. The Morgan fingerprint density at radius 3 is 2.23 bits per heavy atom. The molecule has 0 heterocycles. The average molecular weight is 361 g/mol. The van der Waals surface area contributed by atoms with Gasteiger partial charge in [-0.3, -0.25) is 0 Å². The minimum atomic E-state index is -0.413. The van der Waals surface area contributed by atoms with Gasteiger partial charge in [0.1, 0.15) is 0 Å². The lowest BCUT2D eigenvalue weighted by molar-refractivity contribution is -0.166. The fourth-order valence-corrected chi connectivity index (χ4v) is 9.42. The topological polar surface area (TPSA) is 40.5 Å². The summed E-state index contributed by atoms with van der Waals surface area (Å²) in [4.78, 5) is 0. The van der Waals surface area contributed by atoms with Crippen molar-refractivity contribution in [2.45, 2.75) is 103 Å². The second kappa shape index (κ2) is 5.72. The van der Waals surface area contributed by atoms with Crippen LogP contribution in [0.4, 0.5) is 0 Å². The van der Waals surface area contributed by atoms with Gasteiger partial charge in [0.15, 0.2) is 0 Å². The van der Waals surface area contributed by atoms with E-state index in [1.54, 1.807) is 0 Å². The van der Waals surface area contributed by atoms with E-state index >= 15 is 0 Å². The minimum absolute atomic E-state index is 0.139. The molecule has 0 spiro atoms. The Kier molecular flexibility index (Phi) is 3.96. The van der Waals surface area contributed by atoms with E-state index in [2.05, 4.69) is 13.8 Å². The van der Waals surface area contributed by atoms with Crippen LogP contribution in [0.15, 0.2) is 0 Å². The second-order valence-electron chi connectivity index (χ2n) is 11.7. The molecule has 0 bridgehead atoms. The van der Waals surface area contributed by atoms with Gasteiger partial charge in [-0.2, -0.15) is 0 Å². The molecule has 0 aromatic rings. The number of hydrogen-bond donors (Lipinski definition) is 2. The third-order valence-corrected chi connectivity index (χ3v) is 10.5. The molecule has 2 heteroatoms. The summed E-state index contributed by atoms with van der Waals surface area (Å²) in [6.45, 7) is 6.66. The van der Waals surface area contributed by atoms with Crippen LogP contribution < -0.4 is 0 Å². The molecule has 0 aromatic heterocycles. The van der Waals surface area contributed by atoms with Crippen molar-refractivity contribution in [3.8, 4) is 0 Å². The van der Waals surface area contributed by atoms with Crippen LogP contribution in [-0.2, 0) is 0 Å². The van der Waals surface area contributed by atoms with Crippen LogP contribution in [0, 0.1) is 46.3 Å². The molecule has 5 aliphatic carbocycles. The predicted octanol–water partition coefficient (Wildman–Crippen LogP) is 5.17. The molecular weight excluding hydrogens is 320 g/mol. The Morgan fingerprint density at radius 1 is 0.808 bits per heavy atom. The Hall–Kier alpha value is -0.0800. The van der Waals surface area contributed by atoms with Crippen molar-refractivity contribution in [3.05, 3.63) is 0 Å². The first-order valence-corrected chi connectivity index (χ1v) is 11.7. The summed E-state index contributed by atoms with van der Waals surface area (Å²) in [6.07, 6.45) is 14.3. The standard InChI is InChI=1S/C24H40O2/c1-15(25)19-8-9-20-18-7-6-17-14-22(2,26)12-13-24(17,16-4-5-16)21(18)10-11-23(19,20)3/h15-21,25-26H,4-14H2,1-3H3/t15?,17-,18+,19?,20+,21+,22-,23-,24-/m1/s1. The van der Waals surface area contributed by atoms with Gasteiger partial charge < -0.3 is 10.2 Å². The summed E-state index contributed by atoms with van der Waals surface area (Å²) in [5.74, 6) is 4.93. The third-order valence-electron chi connectivity index (χ3n) is 10.5. The van der Waals surface area contributed by atoms with Gasteiger partial charge in [-0.05, 0) is 131 Å². The molecule has 26 heavy (non-hydrogen) atoms. The van der Waals surface area contributed by atoms with Gasteiger partial charge in [0.25, 0.3) is 0 Å². The number of hydrogen-bond acceptors (Lipinski definition) is 2. The van der Waals surface area contributed by atoms with Crippen LogP contribution in [0.3, 0.4) is 0 Å². The van der Waals surface area contributed by atoms with Crippen molar-refractivity contribution in [2.75, 3.05) is 0 Å². The quantitative estimate of drug-likeness (QED) is 0.713. The Labute approximate surface area is 160 Å². The summed E-state index contributed by atoms with van der Waals surface area (Å²) < 4.78 is 0. The fraction of sp³-hybridized carbons (Fsp3) is 1.00. The van der Waals surface area contributed by atoms with E-state index in [1.165, 1.54) is 57.8 Å². The number of fused-ring (bicyclic) bond motifs is 5. The van der Waals surface area contributed by atoms with Gasteiger partial charge in [-0.1, -0.05) is 6.92 Å². The highest BCUT2D eigenvalue weighted by Gasteiger charge is 2.65. The SMILES string of the molecule is CC(O)C1CC[C@H]2[C@@H]3CC[C@@H]4C[C@](C)(O)CC[C@]4(C4CC4)[C@H]3CC[C@]12C. The van der Waals surface area contributed by atoms with E-state index in [0.717, 1.165) is 42.4 Å². The van der Waals surface area contributed by atoms with Crippen molar-refractivity contribution < 1.29 is 10.2 Å². The lowest BCUT2D eigenvalue weighted by Crippen LogP contribution is -2.57. The maximum Gasteiger partial charge on any atom is 0.0622 e. The largest absolute Gasteiger partial charge is 0.393 e. The smallest absolute Gasteiger partial charge is 0.0622 e. The van der Waals surface area contributed by atoms with E-state index in [9.17, 15) is 10.2 Å². The molecule has 5 saturated carbocycles. The number of rotatable bonds is 2. The zero-order valence-corrected chi connectivity index (χ0v) is 17.2. The molecule has 5 rings (SSSR count). The lowest BCUT2D eigenvalue weighted by atomic mass is 9.42. The third kappa shape index (κ3) is 2.36. The van der Waals surface area contributed by atoms with Crippen molar-refractivity contribution >= 4 is 0 Å². The van der Waals surface area contributed by atoms with Gasteiger partial charge in [0.2, 0.25) is 0 Å². The van der Waals surface area contributed by atoms with E-state index in [0.29, 0.717) is 16.7 Å². The normalized spacial score (nSPS) is 57.8. The molecule has 2 nitrogen and oxygen atoms in total. The highest BCUT2D eigenvalue weighted by Crippen LogP contribution is 2.72. The molecule has 0 aromatic carbocycles. The van der Waals surface area contributed by atoms with Crippen molar-refractivity contribution in [2.24, 2.45) is 46.3 Å². The summed E-state index contributed by atoms with van der Waals surface area (Å²) in [7, 11) is 0. The molecule has 9 atom stereocenters. The molecule has 0 aliphatic heterocycles. The van der Waals surface area contributed by atoms with Crippen LogP contribution in [0.2, 0.25) is 0 Å². The van der Waals surface area contributed by atoms with Crippen molar-refractivity contribution in [1.29, 1.82) is 0 Å². The van der Waals surface area contributed by atoms with Gasteiger partial charge in [-0.25, -0.2) is 0 Å². The van der Waals surface area contributed by atoms with Crippen LogP contribution in [-0.4, -0.2) is 21.9 Å². The van der Waals surface area contributed by atoms with Gasteiger partial charge in [0.05, 0.1) is 11.7 Å². The first-order valence-electron chi connectivity index (χ1n) is 11.7. The highest BCUT2D eigenvalue weighted by atomic mass is 16.3. The Bertz CT molecular complexity index is 565. The predicted molar refractivity (Wildman–Crippen MR) is 105 cm³/mol. The molecule has 2 N–H and O–H groups in total. The van der Waals surface area contributed by atoms with Crippen LogP contribution in [0.5, 0.6) is 0 Å². The maximum absolute atomic E-state index is 10.8. The van der Waals surface area contributed by atoms with Crippen LogP contribution in [0.1, 0.15) is 91.4 Å². The monoisotopic (exact) mass is 360 g/mol.